The van der Waals surface area contributed by atoms with Gasteiger partial charge in [-0.15, -0.1) is 23.2 Å². The van der Waals surface area contributed by atoms with Gasteiger partial charge in [0.15, 0.2) is 0 Å². The average Bonchev–Trinajstić information content (AvgIpc) is 2.48. The Morgan fingerprint density at radius 3 is 2.33 bits per heavy atom. The zero-order valence-electron chi connectivity index (χ0n) is 11.1. The van der Waals surface area contributed by atoms with Crippen LogP contribution in [-0.2, 0) is 11.8 Å². The lowest BCUT2D eigenvalue weighted by atomic mass is 9.79. The van der Waals surface area contributed by atoms with Gasteiger partial charge in [0, 0.05) is 21.6 Å². The molecule has 0 N–H and O–H groups in total. The number of rotatable bonds is 5. The minimum atomic E-state index is -0.426. The van der Waals surface area contributed by atoms with E-state index < -0.39 is 11.2 Å². The van der Waals surface area contributed by atoms with E-state index in [1.54, 1.807) is 12.1 Å². The molecule has 0 saturated heterocycles. The molecule has 0 saturated carbocycles. The largest absolute Gasteiger partial charge is 0.205 e. The Kier molecular flexibility index (Phi) is 5.96. The van der Waals surface area contributed by atoms with Crippen LogP contribution in [0, 0.1) is 5.82 Å². The first kappa shape index (κ1) is 17.1. The number of benzene rings is 2. The van der Waals surface area contributed by atoms with Gasteiger partial charge in [0.2, 0.25) is 0 Å². The van der Waals surface area contributed by atoms with Gasteiger partial charge in [-0.25, -0.2) is 4.39 Å². The fraction of sp³-hybridized carbons (Fsp3) is 0.250. The third kappa shape index (κ3) is 3.92. The van der Waals surface area contributed by atoms with E-state index in [0.29, 0.717) is 18.2 Å². The maximum Gasteiger partial charge on any atom is 0.141 e. The van der Waals surface area contributed by atoms with Gasteiger partial charge in [-0.3, -0.25) is 0 Å². The lowest BCUT2D eigenvalue weighted by molar-refractivity contribution is 0.535. The maximum atomic E-state index is 13.3. The Morgan fingerprint density at radius 1 is 1.05 bits per heavy atom. The average molecular weight is 411 g/mol. The second-order valence-electron chi connectivity index (χ2n) is 4.98. The van der Waals surface area contributed by atoms with E-state index in [2.05, 4.69) is 15.9 Å². The van der Waals surface area contributed by atoms with E-state index in [1.807, 2.05) is 24.3 Å². The molecule has 0 heterocycles. The fourth-order valence-electron chi connectivity index (χ4n) is 2.25. The van der Waals surface area contributed by atoms with Gasteiger partial charge in [-0.2, -0.15) is 0 Å². The topological polar surface area (TPSA) is 0 Å². The molecule has 0 aliphatic carbocycles. The quantitative estimate of drug-likeness (QED) is 0.515. The highest BCUT2D eigenvalue weighted by Gasteiger charge is 2.31. The first-order chi connectivity index (χ1) is 10.0. The first-order valence-corrected chi connectivity index (χ1v) is 8.57. The van der Waals surface area contributed by atoms with Crippen molar-refractivity contribution in [2.45, 2.75) is 11.8 Å². The van der Waals surface area contributed by atoms with E-state index >= 15 is 0 Å². The van der Waals surface area contributed by atoms with Gasteiger partial charge in [-0.1, -0.05) is 45.7 Å². The van der Waals surface area contributed by atoms with Crippen LogP contribution in [0.5, 0.6) is 0 Å². The summed E-state index contributed by atoms with van der Waals surface area (Å²) in [7, 11) is 0. The summed E-state index contributed by atoms with van der Waals surface area (Å²) in [6.45, 7) is 0. The zero-order chi connectivity index (χ0) is 15.5. The molecule has 21 heavy (non-hydrogen) atoms. The van der Waals surface area contributed by atoms with Crippen LogP contribution >= 0.6 is 50.7 Å². The Bertz CT molecular complexity index is 627. The molecular weight excluding hydrogens is 397 g/mol. The van der Waals surface area contributed by atoms with Crippen LogP contribution in [0.1, 0.15) is 11.1 Å². The molecule has 0 spiro atoms. The van der Waals surface area contributed by atoms with Crippen molar-refractivity contribution in [2.24, 2.45) is 0 Å². The molecule has 0 aromatic heterocycles. The number of halogens is 5. The Balaban J connectivity index is 2.40. The van der Waals surface area contributed by atoms with Crippen molar-refractivity contribution in [1.29, 1.82) is 0 Å². The summed E-state index contributed by atoms with van der Waals surface area (Å²) >= 11 is 21.8. The van der Waals surface area contributed by atoms with Crippen molar-refractivity contribution in [2.75, 3.05) is 11.8 Å². The standard InChI is InChI=1S/C16H13BrCl3F/c17-13-3-1-2-12(7-13)16(9-18,10-19)8-11-4-5-15(21)14(20)6-11/h1-7H,8-10H2. The van der Waals surface area contributed by atoms with Crippen LogP contribution in [-0.4, -0.2) is 11.8 Å². The minimum Gasteiger partial charge on any atom is -0.205 e. The molecule has 5 heteroatoms. The molecule has 0 aliphatic heterocycles. The van der Waals surface area contributed by atoms with Gasteiger partial charge < -0.3 is 0 Å². The molecule has 0 aliphatic rings. The predicted octanol–water partition coefficient (Wildman–Crippen LogP) is 6.20. The molecule has 2 aromatic rings. The molecule has 2 aromatic carbocycles. The van der Waals surface area contributed by atoms with Crippen molar-refractivity contribution in [3.05, 3.63) is 68.9 Å². The molecule has 112 valence electrons. The lowest BCUT2D eigenvalue weighted by Gasteiger charge is -2.30. The van der Waals surface area contributed by atoms with Crippen LogP contribution in [0.4, 0.5) is 4.39 Å². The summed E-state index contributed by atoms with van der Waals surface area (Å²) in [4.78, 5) is 0. The molecule has 0 atom stereocenters. The summed E-state index contributed by atoms with van der Waals surface area (Å²) in [6, 6.07) is 12.6. The van der Waals surface area contributed by atoms with Crippen molar-refractivity contribution in [1.82, 2.24) is 0 Å². The highest BCUT2D eigenvalue weighted by molar-refractivity contribution is 9.10. The van der Waals surface area contributed by atoms with Gasteiger partial charge in [-0.05, 0) is 41.8 Å². The second kappa shape index (κ2) is 7.32. The number of alkyl halides is 2. The zero-order valence-corrected chi connectivity index (χ0v) is 14.9. The van der Waals surface area contributed by atoms with E-state index in [0.717, 1.165) is 15.6 Å². The molecule has 0 nitrogen and oxygen atoms in total. The Morgan fingerprint density at radius 2 is 1.76 bits per heavy atom. The molecule has 2 rings (SSSR count). The molecule has 0 radical (unpaired) electrons. The van der Waals surface area contributed by atoms with Crippen LogP contribution in [0.2, 0.25) is 5.02 Å². The van der Waals surface area contributed by atoms with E-state index in [9.17, 15) is 4.39 Å². The van der Waals surface area contributed by atoms with E-state index in [4.69, 9.17) is 34.8 Å². The number of hydrogen-bond acceptors (Lipinski definition) is 0. The highest BCUT2D eigenvalue weighted by Crippen LogP contribution is 2.34. The van der Waals surface area contributed by atoms with Crippen LogP contribution in [0.15, 0.2) is 46.9 Å². The van der Waals surface area contributed by atoms with E-state index in [1.165, 1.54) is 6.07 Å². The Labute approximate surface area is 147 Å². The third-order valence-corrected chi connectivity index (χ3v) is 5.28. The summed E-state index contributed by atoms with van der Waals surface area (Å²) in [5.41, 5.74) is 1.53. The van der Waals surface area contributed by atoms with E-state index in [-0.39, 0.29) is 5.02 Å². The summed E-state index contributed by atoms with van der Waals surface area (Å²) in [6.07, 6.45) is 0.594. The normalized spacial score (nSPS) is 11.7. The second-order valence-corrected chi connectivity index (χ2v) is 6.84. The van der Waals surface area contributed by atoms with Gasteiger partial charge in [0.1, 0.15) is 5.82 Å². The van der Waals surface area contributed by atoms with Gasteiger partial charge in [0.05, 0.1) is 5.02 Å². The summed E-state index contributed by atoms with van der Waals surface area (Å²) < 4.78 is 14.3. The molecule has 0 bridgehead atoms. The minimum absolute atomic E-state index is 0.111. The third-order valence-electron chi connectivity index (χ3n) is 3.48. The Hall–Kier alpha value is -0.280. The first-order valence-electron chi connectivity index (χ1n) is 6.33. The monoisotopic (exact) mass is 408 g/mol. The van der Waals surface area contributed by atoms with Crippen molar-refractivity contribution in [3.63, 3.8) is 0 Å². The van der Waals surface area contributed by atoms with Crippen LogP contribution < -0.4 is 0 Å². The predicted molar refractivity (Wildman–Crippen MR) is 92.4 cm³/mol. The summed E-state index contributed by atoms with van der Waals surface area (Å²) in [5.74, 6) is 0.300. The maximum absolute atomic E-state index is 13.3. The van der Waals surface area contributed by atoms with Gasteiger partial charge >= 0.3 is 0 Å². The smallest absolute Gasteiger partial charge is 0.141 e. The molecule has 0 fully saturated rings. The summed E-state index contributed by atoms with van der Waals surface area (Å²) in [5, 5.41) is 0.111. The molecule has 0 unspecified atom stereocenters. The fourth-order valence-corrected chi connectivity index (χ4v) is 3.63. The lowest BCUT2D eigenvalue weighted by Crippen LogP contribution is -2.33. The van der Waals surface area contributed by atoms with Crippen molar-refractivity contribution < 1.29 is 4.39 Å². The van der Waals surface area contributed by atoms with Gasteiger partial charge in [0.25, 0.3) is 0 Å². The number of hydrogen-bond donors (Lipinski definition) is 0. The SMILES string of the molecule is Fc1ccc(CC(CCl)(CCl)c2cccc(Br)c2)cc1Cl. The molecular formula is C16H13BrCl3F. The highest BCUT2D eigenvalue weighted by atomic mass is 79.9. The van der Waals surface area contributed by atoms with Crippen molar-refractivity contribution in [3.8, 4) is 0 Å². The van der Waals surface area contributed by atoms with Crippen molar-refractivity contribution >= 4 is 50.7 Å². The van der Waals surface area contributed by atoms with Crippen LogP contribution in [0.3, 0.4) is 0 Å². The van der Waals surface area contributed by atoms with Crippen LogP contribution in [0.25, 0.3) is 0 Å². The molecule has 0 amide bonds.